The largest absolute Gasteiger partial charge is 0.493 e. The molecule has 4 heteroatoms. The van der Waals surface area contributed by atoms with Crippen LogP contribution in [0.3, 0.4) is 0 Å². The lowest BCUT2D eigenvalue weighted by Gasteiger charge is -2.11. The molecule has 2 aromatic rings. The number of methoxy groups -OCH3 is 2. The third-order valence-electron chi connectivity index (χ3n) is 2.79. The van der Waals surface area contributed by atoms with Crippen molar-refractivity contribution in [2.24, 2.45) is 0 Å². The second-order valence-electron chi connectivity index (χ2n) is 3.85. The first-order valence-corrected chi connectivity index (χ1v) is 6.35. The molecule has 1 aromatic carbocycles. The maximum Gasteiger partial charge on any atom is 0.161 e. The fraction of sp³-hybridized carbons (Fsp3) is 0.214. The molecule has 0 N–H and O–H groups in total. The Kier molecular flexibility index (Phi) is 3.67. The van der Waals surface area contributed by atoms with Crippen molar-refractivity contribution in [3.05, 3.63) is 34.7 Å². The molecule has 0 aliphatic heterocycles. The molecule has 0 saturated carbocycles. The number of carbonyl (C=O) groups excluding carboxylic acids is 1. The molecule has 0 saturated heterocycles. The van der Waals surface area contributed by atoms with Crippen LogP contribution in [0.2, 0.25) is 0 Å². The Morgan fingerprint density at radius 1 is 1.17 bits per heavy atom. The third-order valence-corrected chi connectivity index (χ3v) is 3.84. The fourth-order valence-corrected chi connectivity index (χ4v) is 2.80. The summed E-state index contributed by atoms with van der Waals surface area (Å²) in [6.07, 6.45) is 0.844. The SMILES string of the molecule is COc1cc(C=O)c(-c2sccc2C)cc1OC. The molecule has 3 nitrogen and oxygen atoms in total. The lowest BCUT2D eigenvalue weighted by atomic mass is 10.0. The second kappa shape index (κ2) is 5.23. The van der Waals surface area contributed by atoms with Crippen LogP contribution in [0.5, 0.6) is 11.5 Å². The lowest BCUT2D eigenvalue weighted by molar-refractivity contribution is 0.112. The van der Waals surface area contributed by atoms with Gasteiger partial charge in [-0.3, -0.25) is 4.79 Å². The number of rotatable bonds is 4. The van der Waals surface area contributed by atoms with E-state index in [1.165, 1.54) is 0 Å². The van der Waals surface area contributed by atoms with Gasteiger partial charge in [-0.15, -0.1) is 11.3 Å². The summed E-state index contributed by atoms with van der Waals surface area (Å²) in [5, 5.41) is 2.01. The van der Waals surface area contributed by atoms with E-state index in [0.717, 1.165) is 22.3 Å². The van der Waals surface area contributed by atoms with Gasteiger partial charge < -0.3 is 9.47 Å². The normalized spacial score (nSPS) is 10.2. The maximum atomic E-state index is 11.2. The van der Waals surface area contributed by atoms with Gasteiger partial charge in [0.2, 0.25) is 0 Å². The molecular formula is C14H14O3S. The third kappa shape index (κ3) is 2.11. The Morgan fingerprint density at radius 2 is 1.83 bits per heavy atom. The average molecular weight is 262 g/mol. The van der Waals surface area contributed by atoms with Crippen molar-refractivity contribution in [2.75, 3.05) is 14.2 Å². The fourth-order valence-electron chi connectivity index (χ4n) is 1.84. The first kappa shape index (κ1) is 12.6. The zero-order chi connectivity index (χ0) is 13.1. The Balaban J connectivity index is 2.66. The van der Waals surface area contributed by atoms with Gasteiger partial charge in [0.15, 0.2) is 17.8 Å². The molecule has 0 fully saturated rings. The number of thiophene rings is 1. The molecule has 94 valence electrons. The molecule has 18 heavy (non-hydrogen) atoms. The zero-order valence-electron chi connectivity index (χ0n) is 10.5. The van der Waals surface area contributed by atoms with Gasteiger partial charge in [0.05, 0.1) is 14.2 Å². The van der Waals surface area contributed by atoms with Crippen molar-refractivity contribution in [2.45, 2.75) is 6.92 Å². The van der Waals surface area contributed by atoms with Gasteiger partial charge in [-0.1, -0.05) is 0 Å². The van der Waals surface area contributed by atoms with E-state index in [1.807, 2.05) is 24.4 Å². The number of ether oxygens (including phenoxy) is 2. The summed E-state index contributed by atoms with van der Waals surface area (Å²) >= 11 is 1.61. The standard InChI is InChI=1S/C14H14O3S/c1-9-4-5-18-14(9)11-7-13(17-3)12(16-2)6-10(11)8-15/h4-8H,1-3H3. The Labute approximate surface area is 110 Å². The van der Waals surface area contributed by atoms with E-state index in [4.69, 9.17) is 9.47 Å². The van der Waals surface area contributed by atoms with Crippen molar-refractivity contribution >= 4 is 17.6 Å². The number of aryl methyl sites for hydroxylation is 1. The van der Waals surface area contributed by atoms with E-state index in [-0.39, 0.29) is 0 Å². The lowest BCUT2D eigenvalue weighted by Crippen LogP contribution is -1.95. The Morgan fingerprint density at radius 3 is 2.33 bits per heavy atom. The summed E-state index contributed by atoms with van der Waals surface area (Å²) in [6.45, 7) is 2.02. The zero-order valence-corrected chi connectivity index (χ0v) is 11.3. The monoisotopic (exact) mass is 262 g/mol. The van der Waals surface area contributed by atoms with Crippen molar-refractivity contribution in [1.82, 2.24) is 0 Å². The van der Waals surface area contributed by atoms with Gasteiger partial charge in [0.25, 0.3) is 0 Å². The summed E-state index contributed by atoms with van der Waals surface area (Å²) < 4.78 is 10.5. The highest BCUT2D eigenvalue weighted by Crippen LogP contribution is 2.38. The molecule has 0 amide bonds. The summed E-state index contributed by atoms with van der Waals surface area (Å²) in [4.78, 5) is 12.3. The Hall–Kier alpha value is -1.81. The molecule has 2 rings (SSSR count). The van der Waals surface area contributed by atoms with Gasteiger partial charge >= 0.3 is 0 Å². The van der Waals surface area contributed by atoms with Crippen LogP contribution in [0.1, 0.15) is 15.9 Å². The molecule has 0 bridgehead atoms. The van der Waals surface area contributed by atoms with E-state index in [9.17, 15) is 4.79 Å². The summed E-state index contributed by atoms with van der Waals surface area (Å²) in [6, 6.07) is 5.59. The summed E-state index contributed by atoms with van der Waals surface area (Å²) in [5.41, 5.74) is 2.64. The smallest absolute Gasteiger partial charge is 0.161 e. The van der Waals surface area contributed by atoms with Gasteiger partial charge in [0, 0.05) is 16.0 Å². The number of carbonyl (C=O) groups is 1. The highest BCUT2D eigenvalue weighted by Gasteiger charge is 2.14. The van der Waals surface area contributed by atoms with E-state index < -0.39 is 0 Å². The molecule has 0 radical (unpaired) electrons. The van der Waals surface area contributed by atoms with Crippen LogP contribution in [0.4, 0.5) is 0 Å². The van der Waals surface area contributed by atoms with Gasteiger partial charge in [-0.05, 0) is 36.1 Å². The van der Waals surface area contributed by atoms with Crippen LogP contribution < -0.4 is 9.47 Å². The summed E-state index contributed by atoms with van der Waals surface area (Å²) in [5.74, 6) is 1.20. The number of hydrogen-bond acceptors (Lipinski definition) is 4. The van der Waals surface area contributed by atoms with Crippen LogP contribution in [0.25, 0.3) is 10.4 Å². The van der Waals surface area contributed by atoms with Crippen LogP contribution in [0.15, 0.2) is 23.6 Å². The number of benzene rings is 1. The number of aldehydes is 1. The molecule has 0 unspecified atom stereocenters. The minimum absolute atomic E-state index is 0.567. The van der Waals surface area contributed by atoms with Crippen molar-refractivity contribution in [3.8, 4) is 21.9 Å². The predicted molar refractivity (Wildman–Crippen MR) is 73.0 cm³/mol. The predicted octanol–water partition coefficient (Wildman–Crippen LogP) is 3.55. The van der Waals surface area contributed by atoms with Crippen LogP contribution in [-0.4, -0.2) is 20.5 Å². The van der Waals surface area contributed by atoms with E-state index in [1.54, 1.807) is 31.6 Å². The minimum Gasteiger partial charge on any atom is -0.493 e. The van der Waals surface area contributed by atoms with Crippen molar-refractivity contribution < 1.29 is 14.3 Å². The molecule has 0 atom stereocenters. The first-order valence-electron chi connectivity index (χ1n) is 5.47. The highest BCUT2D eigenvalue weighted by molar-refractivity contribution is 7.13. The summed E-state index contributed by atoms with van der Waals surface area (Å²) in [7, 11) is 3.14. The molecule has 0 aliphatic rings. The van der Waals surface area contributed by atoms with E-state index in [0.29, 0.717) is 17.1 Å². The molecule has 1 aromatic heterocycles. The van der Waals surface area contributed by atoms with Crippen LogP contribution >= 0.6 is 11.3 Å². The van der Waals surface area contributed by atoms with E-state index >= 15 is 0 Å². The van der Waals surface area contributed by atoms with Crippen molar-refractivity contribution in [1.29, 1.82) is 0 Å². The quantitative estimate of drug-likeness (QED) is 0.790. The number of hydrogen-bond donors (Lipinski definition) is 0. The van der Waals surface area contributed by atoms with E-state index in [2.05, 4.69) is 0 Å². The molecular weight excluding hydrogens is 248 g/mol. The van der Waals surface area contributed by atoms with Gasteiger partial charge in [-0.25, -0.2) is 0 Å². The first-order chi connectivity index (χ1) is 8.71. The minimum atomic E-state index is 0.567. The second-order valence-corrected chi connectivity index (χ2v) is 4.76. The average Bonchev–Trinajstić information content (AvgIpc) is 2.83. The van der Waals surface area contributed by atoms with Crippen LogP contribution in [0, 0.1) is 6.92 Å². The topological polar surface area (TPSA) is 35.5 Å². The molecule has 0 aliphatic carbocycles. The van der Waals surface area contributed by atoms with Gasteiger partial charge in [-0.2, -0.15) is 0 Å². The molecule has 0 spiro atoms. The highest BCUT2D eigenvalue weighted by atomic mass is 32.1. The maximum absolute atomic E-state index is 11.2. The van der Waals surface area contributed by atoms with Crippen molar-refractivity contribution in [3.63, 3.8) is 0 Å². The van der Waals surface area contributed by atoms with Gasteiger partial charge in [0.1, 0.15) is 0 Å². The molecule has 1 heterocycles. The Bertz CT molecular complexity index is 572. The van der Waals surface area contributed by atoms with Crippen LogP contribution in [-0.2, 0) is 0 Å².